The fourth-order valence-corrected chi connectivity index (χ4v) is 4.68. The van der Waals surface area contributed by atoms with Crippen molar-refractivity contribution < 1.29 is 23.2 Å². The van der Waals surface area contributed by atoms with Crippen LogP contribution in [0.3, 0.4) is 0 Å². The fraction of sp³-hybridized carbons (Fsp3) is 0.231. The van der Waals surface area contributed by atoms with Crippen molar-refractivity contribution in [1.82, 2.24) is 30.2 Å². The summed E-state index contributed by atoms with van der Waals surface area (Å²) in [6.45, 7) is 3.39. The third-order valence-electron chi connectivity index (χ3n) is 6.52. The molecule has 9 nitrogen and oxygen atoms in total. The highest BCUT2D eigenvalue weighted by Gasteiger charge is 2.28. The average Bonchev–Trinajstić information content (AvgIpc) is 3.46. The lowest BCUT2D eigenvalue weighted by atomic mass is 9.96. The zero-order valence-corrected chi connectivity index (χ0v) is 20.0. The molecule has 0 radical (unpaired) electrons. The molecule has 2 amide bonds. The summed E-state index contributed by atoms with van der Waals surface area (Å²) in [6, 6.07) is 7.21. The standard InChI is InChI=1S/C26H22F2N6O3/c1-13-16(14(2)35)3-4-18-17(13)5-6-20(18)33-26(37)22-10-21(32-24-19(27)12-31-34(22)24)25(36)30-11-15-7-8-29-23(28)9-15/h3-4,7-10,12,20H,5-6,11H2,1-2H3,(H,30,36)(H,33,37)/t20-/m0/s1. The van der Waals surface area contributed by atoms with E-state index in [1.165, 1.54) is 31.3 Å². The Kier molecular flexibility index (Phi) is 6.20. The minimum Gasteiger partial charge on any atom is -0.347 e. The van der Waals surface area contributed by atoms with Crippen LogP contribution >= 0.6 is 0 Å². The number of benzene rings is 1. The van der Waals surface area contributed by atoms with E-state index in [1.54, 1.807) is 6.07 Å². The smallest absolute Gasteiger partial charge is 0.270 e. The molecular weight excluding hydrogens is 482 g/mol. The molecule has 0 bridgehead atoms. The van der Waals surface area contributed by atoms with Crippen molar-refractivity contribution in [2.45, 2.75) is 39.3 Å². The number of pyridine rings is 1. The Balaban J connectivity index is 1.41. The third kappa shape index (κ3) is 4.55. The van der Waals surface area contributed by atoms with E-state index in [4.69, 9.17) is 0 Å². The van der Waals surface area contributed by atoms with E-state index in [0.717, 1.165) is 27.4 Å². The van der Waals surface area contributed by atoms with Gasteiger partial charge in [0, 0.05) is 24.4 Å². The summed E-state index contributed by atoms with van der Waals surface area (Å²) < 4.78 is 28.8. The minimum atomic E-state index is -0.793. The van der Waals surface area contributed by atoms with Gasteiger partial charge in [-0.15, -0.1) is 0 Å². The lowest BCUT2D eigenvalue weighted by Gasteiger charge is -2.16. The van der Waals surface area contributed by atoms with Crippen molar-refractivity contribution in [2.24, 2.45) is 0 Å². The minimum absolute atomic E-state index is 0.0190. The van der Waals surface area contributed by atoms with E-state index in [2.05, 4.69) is 25.7 Å². The Hall–Kier alpha value is -4.54. The molecule has 0 saturated heterocycles. The molecule has 37 heavy (non-hydrogen) atoms. The largest absolute Gasteiger partial charge is 0.347 e. The van der Waals surface area contributed by atoms with Crippen LogP contribution in [0.15, 0.2) is 42.7 Å². The molecule has 0 saturated carbocycles. The van der Waals surface area contributed by atoms with Crippen LogP contribution in [0.2, 0.25) is 0 Å². The van der Waals surface area contributed by atoms with Gasteiger partial charge in [0.05, 0.1) is 12.2 Å². The SMILES string of the molecule is CC(=O)c1ccc2c(c1C)CC[C@@H]2NC(=O)c1cc(C(=O)NCc2ccnc(F)c2)nc2c(F)cnn12. The maximum absolute atomic E-state index is 14.4. The molecule has 1 aliphatic carbocycles. The third-order valence-corrected chi connectivity index (χ3v) is 6.52. The monoisotopic (exact) mass is 504 g/mol. The van der Waals surface area contributed by atoms with Crippen LogP contribution in [0.4, 0.5) is 8.78 Å². The van der Waals surface area contributed by atoms with Gasteiger partial charge in [0.15, 0.2) is 17.2 Å². The van der Waals surface area contributed by atoms with Crippen LogP contribution in [0.5, 0.6) is 0 Å². The van der Waals surface area contributed by atoms with Gasteiger partial charge >= 0.3 is 0 Å². The molecule has 0 unspecified atom stereocenters. The van der Waals surface area contributed by atoms with E-state index < -0.39 is 23.6 Å². The molecule has 188 valence electrons. The Morgan fingerprint density at radius 3 is 2.70 bits per heavy atom. The molecule has 5 rings (SSSR count). The summed E-state index contributed by atoms with van der Waals surface area (Å²) in [7, 11) is 0. The highest BCUT2D eigenvalue weighted by atomic mass is 19.1. The predicted molar refractivity (Wildman–Crippen MR) is 128 cm³/mol. The van der Waals surface area contributed by atoms with Crippen molar-refractivity contribution in [3.05, 3.63) is 93.7 Å². The number of ketones is 1. The molecular formula is C26H22F2N6O3. The molecule has 0 fully saturated rings. The number of carbonyl (C=O) groups is 3. The zero-order valence-electron chi connectivity index (χ0n) is 20.0. The molecule has 1 atom stereocenters. The van der Waals surface area contributed by atoms with Crippen LogP contribution in [-0.2, 0) is 13.0 Å². The molecule has 11 heteroatoms. The zero-order chi connectivity index (χ0) is 26.3. The van der Waals surface area contributed by atoms with Crippen molar-refractivity contribution in [3.8, 4) is 0 Å². The summed E-state index contributed by atoms with van der Waals surface area (Å²) in [5, 5.41) is 9.44. The number of hydrogen-bond acceptors (Lipinski definition) is 6. The molecule has 1 aromatic carbocycles. The first kappa shape index (κ1) is 24.2. The Bertz CT molecular complexity index is 1580. The molecule has 0 spiro atoms. The molecule has 3 heterocycles. The van der Waals surface area contributed by atoms with Crippen molar-refractivity contribution in [1.29, 1.82) is 0 Å². The fourth-order valence-electron chi connectivity index (χ4n) is 4.68. The summed E-state index contributed by atoms with van der Waals surface area (Å²) in [6.07, 6.45) is 3.51. The van der Waals surface area contributed by atoms with E-state index in [0.29, 0.717) is 24.0 Å². The highest BCUT2D eigenvalue weighted by molar-refractivity contribution is 5.99. The second kappa shape index (κ2) is 9.49. The van der Waals surface area contributed by atoms with Crippen molar-refractivity contribution >= 4 is 23.2 Å². The van der Waals surface area contributed by atoms with Crippen LogP contribution in [-0.4, -0.2) is 37.2 Å². The number of nitrogens with zero attached hydrogens (tertiary/aromatic N) is 4. The second-order valence-electron chi connectivity index (χ2n) is 8.85. The van der Waals surface area contributed by atoms with E-state index in [9.17, 15) is 23.2 Å². The summed E-state index contributed by atoms with van der Waals surface area (Å²) in [5.74, 6) is -2.74. The van der Waals surface area contributed by atoms with Crippen LogP contribution in [0.1, 0.15) is 73.0 Å². The second-order valence-corrected chi connectivity index (χ2v) is 8.85. The molecule has 3 aromatic heterocycles. The van der Waals surface area contributed by atoms with Gasteiger partial charge < -0.3 is 10.6 Å². The van der Waals surface area contributed by atoms with E-state index >= 15 is 0 Å². The number of Topliss-reactive ketones (excluding diaryl/α,β-unsaturated/α-hetero) is 1. The average molecular weight is 504 g/mol. The van der Waals surface area contributed by atoms with Crippen molar-refractivity contribution in [3.63, 3.8) is 0 Å². The number of hydrogen-bond donors (Lipinski definition) is 2. The first-order chi connectivity index (χ1) is 17.7. The van der Waals surface area contributed by atoms with Gasteiger partial charge in [-0.25, -0.2) is 18.9 Å². The number of rotatable bonds is 6. The van der Waals surface area contributed by atoms with Crippen LogP contribution < -0.4 is 10.6 Å². The summed E-state index contributed by atoms with van der Waals surface area (Å²) >= 11 is 0. The van der Waals surface area contributed by atoms with Gasteiger partial charge in [-0.3, -0.25) is 14.4 Å². The van der Waals surface area contributed by atoms with Gasteiger partial charge in [-0.1, -0.05) is 12.1 Å². The normalized spacial score (nSPS) is 14.4. The Labute approximate surface area is 209 Å². The number of amides is 2. The maximum atomic E-state index is 14.4. The first-order valence-electron chi connectivity index (χ1n) is 11.6. The van der Waals surface area contributed by atoms with Gasteiger partial charge in [0.25, 0.3) is 11.8 Å². The number of nitrogens with one attached hydrogen (secondary N) is 2. The van der Waals surface area contributed by atoms with E-state index in [-0.39, 0.29) is 35.4 Å². The lowest BCUT2D eigenvalue weighted by molar-refractivity contribution is 0.0927. The molecule has 0 aliphatic heterocycles. The summed E-state index contributed by atoms with van der Waals surface area (Å²) in [4.78, 5) is 45.5. The number of aromatic nitrogens is 4. The lowest BCUT2D eigenvalue weighted by Crippen LogP contribution is -2.30. The Morgan fingerprint density at radius 2 is 1.95 bits per heavy atom. The Morgan fingerprint density at radius 1 is 1.14 bits per heavy atom. The molecule has 1 aliphatic rings. The predicted octanol–water partition coefficient (Wildman–Crippen LogP) is 3.26. The van der Waals surface area contributed by atoms with Gasteiger partial charge in [0.1, 0.15) is 11.4 Å². The summed E-state index contributed by atoms with van der Waals surface area (Å²) in [5.41, 5.74) is 3.42. The van der Waals surface area contributed by atoms with Crippen LogP contribution in [0.25, 0.3) is 5.65 Å². The molecule has 4 aromatic rings. The molecule has 2 N–H and O–H groups in total. The van der Waals surface area contributed by atoms with E-state index in [1.807, 2.05) is 13.0 Å². The van der Waals surface area contributed by atoms with Gasteiger partial charge in [-0.05, 0) is 61.1 Å². The maximum Gasteiger partial charge on any atom is 0.270 e. The quantitative estimate of drug-likeness (QED) is 0.307. The van der Waals surface area contributed by atoms with Gasteiger partial charge in [-0.2, -0.15) is 9.49 Å². The number of fused-ring (bicyclic) bond motifs is 2. The number of halogens is 2. The van der Waals surface area contributed by atoms with Crippen molar-refractivity contribution in [2.75, 3.05) is 0 Å². The van der Waals surface area contributed by atoms with Gasteiger partial charge in [0.2, 0.25) is 5.95 Å². The highest BCUT2D eigenvalue weighted by Crippen LogP contribution is 2.35. The first-order valence-corrected chi connectivity index (χ1v) is 11.6. The van der Waals surface area contributed by atoms with Crippen LogP contribution in [0, 0.1) is 18.7 Å². The number of carbonyl (C=O) groups excluding carboxylic acids is 3. The topological polar surface area (TPSA) is 118 Å².